The van der Waals surface area contributed by atoms with Gasteiger partial charge in [0.2, 0.25) is 0 Å². The number of thiazole rings is 1. The first-order chi connectivity index (χ1) is 15.3. The van der Waals surface area contributed by atoms with E-state index in [4.69, 9.17) is 28.2 Å². The molecule has 2 nitrogen and oxygen atoms in total. The molecular weight excluding hydrogens is 455 g/mol. The molecule has 0 N–H and O–H groups in total. The standard InChI is InChI=1S/C25H30Cl2N2S.C2H6/c1-17(2)12-13-29(16-19-8-6-5-7-9-19)25-28-24(23(30-25)14-18(3)4)20-10-11-21(26)22(27)15-20;1-2/h5-11,15,17-18H,12-14,16H2,1-4H3;1-2H3. The van der Waals surface area contributed by atoms with Crippen molar-refractivity contribution in [3.8, 4) is 11.3 Å². The third-order valence-electron chi connectivity index (χ3n) is 4.94. The van der Waals surface area contributed by atoms with E-state index >= 15 is 0 Å². The van der Waals surface area contributed by atoms with Gasteiger partial charge < -0.3 is 4.90 Å². The van der Waals surface area contributed by atoms with Crippen molar-refractivity contribution in [2.24, 2.45) is 11.8 Å². The number of aromatic nitrogens is 1. The predicted molar refractivity (Wildman–Crippen MR) is 144 cm³/mol. The van der Waals surface area contributed by atoms with Gasteiger partial charge in [0, 0.05) is 23.5 Å². The Morgan fingerprint density at radius 2 is 1.59 bits per heavy atom. The van der Waals surface area contributed by atoms with Crippen molar-refractivity contribution in [2.75, 3.05) is 11.4 Å². The number of hydrogen-bond acceptors (Lipinski definition) is 3. The second kappa shape index (κ2) is 13.2. The van der Waals surface area contributed by atoms with E-state index in [1.54, 1.807) is 0 Å². The van der Waals surface area contributed by atoms with Gasteiger partial charge in [0.05, 0.1) is 15.7 Å². The van der Waals surface area contributed by atoms with Crippen molar-refractivity contribution in [1.29, 1.82) is 0 Å². The van der Waals surface area contributed by atoms with Gasteiger partial charge in [0.25, 0.3) is 0 Å². The highest BCUT2D eigenvalue weighted by Crippen LogP contribution is 2.37. The van der Waals surface area contributed by atoms with Crippen LogP contribution in [0.4, 0.5) is 5.13 Å². The fourth-order valence-corrected chi connectivity index (χ4v) is 4.93. The molecule has 0 bridgehead atoms. The van der Waals surface area contributed by atoms with Crippen molar-refractivity contribution in [3.63, 3.8) is 0 Å². The monoisotopic (exact) mass is 490 g/mol. The molecule has 174 valence electrons. The molecule has 32 heavy (non-hydrogen) atoms. The molecule has 0 atom stereocenters. The normalized spacial score (nSPS) is 10.9. The van der Waals surface area contributed by atoms with Crippen molar-refractivity contribution in [1.82, 2.24) is 4.98 Å². The molecule has 0 saturated carbocycles. The molecule has 0 unspecified atom stereocenters. The van der Waals surface area contributed by atoms with Crippen LogP contribution >= 0.6 is 34.5 Å². The summed E-state index contributed by atoms with van der Waals surface area (Å²) in [6, 6.07) is 16.4. The van der Waals surface area contributed by atoms with E-state index in [2.05, 4.69) is 62.9 Å². The first-order valence-corrected chi connectivity index (χ1v) is 13.1. The number of benzene rings is 2. The van der Waals surface area contributed by atoms with Gasteiger partial charge in [-0.15, -0.1) is 11.3 Å². The lowest BCUT2D eigenvalue weighted by molar-refractivity contribution is 0.571. The van der Waals surface area contributed by atoms with Crippen LogP contribution in [0.3, 0.4) is 0 Å². The maximum atomic E-state index is 6.32. The van der Waals surface area contributed by atoms with Crippen LogP contribution in [0.2, 0.25) is 10.0 Å². The predicted octanol–water partition coefficient (Wildman–Crippen LogP) is 9.39. The van der Waals surface area contributed by atoms with Gasteiger partial charge in [-0.25, -0.2) is 4.98 Å². The Labute approximate surface area is 208 Å². The number of rotatable bonds is 9. The lowest BCUT2D eigenvalue weighted by Gasteiger charge is -2.23. The van der Waals surface area contributed by atoms with E-state index < -0.39 is 0 Å². The summed E-state index contributed by atoms with van der Waals surface area (Å²) in [6.45, 7) is 14.9. The van der Waals surface area contributed by atoms with Crippen LogP contribution < -0.4 is 4.90 Å². The average Bonchev–Trinajstić information content (AvgIpc) is 3.18. The fraction of sp³-hybridized carbons (Fsp3) is 0.444. The number of nitrogens with zero attached hydrogens (tertiary/aromatic N) is 2. The lowest BCUT2D eigenvalue weighted by Crippen LogP contribution is -2.24. The zero-order chi connectivity index (χ0) is 23.7. The largest absolute Gasteiger partial charge is 0.344 e. The number of halogens is 2. The summed E-state index contributed by atoms with van der Waals surface area (Å²) in [4.78, 5) is 8.85. The van der Waals surface area contributed by atoms with Crippen molar-refractivity contribution in [2.45, 2.75) is 60.9 Å². The first kappa shape index (κ1) is 26.7. The van der Waals surface area contributed by atoms with Gasteiger partial charge in [-0.05, 0) is 42.4 Å². The van der Waals surface area contributed by atoms with Gasteiger partial charge in [-0.3, -0.25) is 0 Å². The summed E-state index contributed by atoms with van der Waals surface area (Å²) in [5, 5.41) is 2.22. The highest BCUT2D eigenvalue weighted by molar-refractivity contribution is 7.16. The summed E-state index contributed by atoms with van der Waals surface area (Å²) < 4.78 is 0. The molecule has 3 aromatic rings. The highest BCUT2D eigenvalue weighted by atomic mass is 35.5. The fourth-order valence-electron chi connectivity index (χ4n) is 3.31. The maximum absolute atomic E-state index is 6.32. The Balaban J connectivity index is 0.00000176. The molecule has 0 aliphatic heterocycles. The van der Waals surface area contributed by atoms with Crippen LogP contribution in [0.15, 0.2) is 48.5 Å². The number of hydrogen-bond donors (Lipinski definition) is 0. The first-order valence-electron chi connectivity index (χ1n) is 11.6. The topological polar surface area (TPSA) is 16.1 Å². The minimum absolute atomic E-state index is 0.554. The number of anilines is 1. The van der Waals surface area contributed by atoms with E-state index in [0.717, 1.165) is 42.3 Å². The summed E-state index contributed by atoms with van der Waals surface area (Å²) in [5.41, 5.74) is 3.37. The van der Waals surface area contributed by atoms with E-state index in [9.17, 15) is 0 Å². The van der Waals surface area contributed by atoms with Crippen molar-refractivity contribution in [3.05, 3.63) is 69.0 Å². The molecule has 0 amide bonds. The van der Waals surface area contributed by atoms with Crippen LogP contribution in [0.5, 0.6) is 0 Å². The van der Waals surface area contributed by atoms with E-state index in [1.807, 2.05) is 43.4 Å². The summed E-state index contributed by atoms with van der Waals surface area (Å²) in [6.07, 6.45) is 2.13. The highest BCUT2D eigenvalue weighted by Gasteiger charge is 2.19. The van der Waals surface area contributed by atoms with Gasteiger partial charge in [-0.1, -0.05) is 101 Å². The van der Waals surface area contributed by atoms with Crippen molar-refractivity contribution >= 4 is 39.7 Å². The van der Waals surface area contributed by atoms with Crippen LogP contribution in [-0.2, 0) is 13.0 Å². The Kier molecular flexibility index (Phi) is 11.0. The molecule has 0 saturated heterocycles. The Morgan fingerprint density at radius 3 is 2.19 bits per heavy atom. The third-order valence-corrected chi connectivity index (χ3v) is 6.81. The SMILES string of the molecule is CC.CC(C)CCN(Cc1ccccc1)c1nc(-c2ccc(Cl)c(Cl)c2)c(CC(C)C)s1. The minimum atomic E-state index is 0.554. The second-order valence-electron chi connectivity index (χ2n) is 8.58. The zero-order valence-corrected chi connectivity index (χ0v) is 22.5. The molecule has 0 aliphatic carbocycles. The quantitative estimate of drug-likeness (QED) is 0.296. The molecule has 5 heteroatoms. The van der Waals surface area contributed by atoms with Gasteiger partial charge in [0.15, 0.2) is 5.13 Å². The molecule has 2 aromatic carbocycles. The second-order valence-corrected chi connectivity index (χ2v) is 10.5. The van der Waals surface area contributed by atoms with Crippen LogP contribution in [-0.4, -0.2) is 11.5 Å². The van der Waals surface area contributed by atoms with Crippen LogP contribution in [0, 0.1) is 11.8 Å². The molecule has 1 aromatic heterocycles. The molecule has 0 radical (unpaired) electrons. The minimum Gasteiger partial charge on any atom is -0.344 e. The van der Waals surface area contributed by atoms with E-state index in [-0.39, 0.29) is 0 Å². The molecule has 0 aliphatic rings. The molecule has 1 heterocycles. The molecule has 0 fully saturated rings. The summed E-state index contributed by atoms with van der Waals surface area (Å²) in [7, 11) is 0. The summed E-state index contributed by atoms with van der Waals surface area (Å²) >= 11 is 14.3. The van der Waals surface area contributed by atoms with Crippen LogP contribution in [0.25, 0.3) is 11.3 Å². The average molecular weight is 492 g/mol. The third kappa shape index (κ3) is 7.79. The smallest absolute Gasteiger partial charge is 0.186 e. The summed E-state index contributed by atoms with van der Waals surface area (Å²) in [5.74, 6) is 1.20. The van der Waals surface area contributed by atoms with Gasteiger partial charge in [0.1, 0.15) is 0 Å². The van der Waals surface area contributed by atoms with E-state index in [0.29, 0.717) is 21.9 Å². The molecule has 0 spiro atoms. The Morgan fingerprint density at radius 1 is 0.906 bits per heavy atom. The molecule has 3 rings (SSSR count). The van der Waals surface area contributed by atoms with Crippen LogP contribution in [0.1, 0.15) is 58.4 Å². The molecular formula is C27H36Cl2N2S. The lowest BCUT2D eigenvalue weighted by atomic mass is 10.0. The van der Waals surface area contributed by atoms with Gasteiger partial charge in [-0.2, -0.15) is 0 Å². The Bertz CT molecular complexity index is 952. The maximum Gasteiger partial charge on any atom is 0.186 e. The van der Waals surface area contributed by atoms with Crippen molar-refractivity contribution < 1.29 is 0 Å². The zero-order valence-electron chi connectivity index (χ0n) is 20.2. The Hall–Kier alpha value is -1.55. The van der Waals surface area contributed by atoms with Gasteiger partial charge >= 0.3 is 0 Å². The van der Waals surface area contributed by atoms with E-state index in [1.165, 1.54) is 10.4 Å².